The van der Waals surface area contributed by atoms with E-state index < -0.39 is 22.0 Å². The van der Waals surface area contributed by atoms with E-state index >= 15 is 0 Å². The van der Waals surface area contributed by atoms with Crippen molar-refractivity contribution in [3.05, 3.63) is 40.1 Å². The van der Waals surface area contributed by atoms with Gasteiger partial charge in [-0.2, -0.15) is 4.31 Å². The highest BCUT2D eigenvalue weighted by molar-refractivity contribution is 7.89. The molecule has 29 heavy (non-hydrogen) atoms. The van der Waals surface area contributed by atoms with E-state index in [1.54, 1.807) is 23.6 Å². The van der Waals surface area contributed by atoms with Crippen LogP contribution in [0.2, 0.25) is 0 Å². The number of nitrogens with zero attached hydrogens (tertiary/aromatic N) is 1. The third-order valence-corrected chi connectivity index (χ3v) is 7.75. The second-order valence-corrected chi connectivity index (χ2v) is 9.38. The van der Waals surface area contributed by atoms with Gasteiger partial charge in [0, 0.05) is 25.2 Å². The topological polar surface area (TPSA) is 105 Å². The Kier molecular flexibility index (Phi) is 6.78. The second-order valence-electron chi connectivity index (χ2n) is 6.56. The van der Waals surface area contributed by atoms with Crippen LogP contribution in [-0.2, 0) is 10.0 Å². The first-order valence-corrected chi connectivity index (χ1v) is 11.5. The number of rotatable bonds is 8. The van der Waals surface area contributed by atoms with E-state index in [1.807, 2.05) is 0 Å². The second kappa shape index (κ2) is 9.12. The van der Waals surface area contributed by atoms with Gasteiger partial charge < -0.3 is 19.9 Å². The minimum absolute atomic E-state index is 0.00958. The number of nitrogens with one attached hydrogen (secondary N) is 1. The molecule has 3 rings (SSSR count). The number of methoxy groups -OCH3 is 2. The molecule has 0 aliphatic carbocycles. The quantitative estimate of drug-likeness (QED) is 0.651. The lowest BCUT2D eigenvalue weighted by Crippen LogP contribution is -2.32. The SMILES string of the molecule is COc1ccc(OC)c(C(O)CNC(=O)c2sccc2S(=O)(=O)N2CCCC2)c1. The number of sulfonamides is 1. The van der Waals surface area contributed by atoms with E-state index in [0.29, 0.717) is 30.2 Å². The maximum Gasteiger partial charge on any atom is 0.262 e. The molecule has 1 aromatic heterocycles. The van der Waals surface area contributed by atoms with E-state index in [2.05, 4.69) is 5.32 Å². The van der Waals surface area contributed by atoms with Crippen LogP contribution in [0.4, 0.5) is 0 Å². The van der Waals surface area contributed by atoms with Gasteiger partial charge in [0.1, 0.15) is 27.4 Å². The highest BCUT2D eigenvalue weighted by Crippen LogP contribution is 2.30. The van der Waals surface area contributed by atoms with Crippen LogP contribution in [0.1, 0.15) is 34.2 Å². The van der Waals surface area contributed by atoms with Crippen LogP contribution >= 0.6 is 11.3 Å². The Labute approximate surface area is 174 Å². The molecular formula is C19H24N2O6S2. The molecule has 0 bridgehead atoms. The molecule has 158 valence electrons. The van der Waals surface area contributed by atoms with Crippen molar-refractivity contribution < 1.29 is 27.8 Å². The number of amides is 1. The number of carbonyl (C=O) groups is 1. The summed E-state index contributed by atoms with van der Waals surface area (Å²) in [5, 5.41) is 14.7. The molecule has 1 aromatic carbocycles. The van der Waals surface area contributed by atoms with Crippen molar-refractivity contribution in [3.8, 4) is 11.5 Å². The van der Waals surface area contributed by atoms with Gasteiger partial charge in [-0.1, -0.05) is 0 Å². The molecule has 1 aliphatic rings. The molecular weight excluding hydrogens is 416 g/mol. The van der Waals surface area contributed by atoms with Crippen molar-refractivity contribution in [2.45, 2.75) is 23.8 Å². The van der Waals surface area contributed by atoms with Gasteiger partial charge in [0.05, 0.1) is 14.2 Å². The summed E-state index contributed by atoms with van der Waals surface area (Å²) in [4.78, 5) is 12.8. The van der Waals surface area contributed by atoms with Crippen LogP contribution in [0.5, 0.6) is 11.5 Å². The largest absolute Gasteiger partial charge is 0.497 e. The number of benzene rings is 1. The van der Waals surface area contributed by atoms with Gasteiger partial charge in [0.25, 0.3) is 5.91 Å². The van der Waals surface area contributed by atoms with Crippen molar-refractivity contribution >= 4 is 27.3 Å². The maximum absolute atomic E-state index is 12.8. The predicted molar refractivity (Wildman–Crippen MR) is 109 cm³/mol. The lowest BCUT2D eigenvalue weighted by molar-refractivity contribution is 0.0915. The average molecular weight is 441 g/mol. The van der Waals surface area contributed by atoms with Crippen LogP contribution in [0.15, 0.2) is 34.5 Å². The molecule has 1 unspecified atom stereocenters. The Morgan fingerprint density at radius 3 is 2.62 bits per heavy atom. The zero-order chi connectivity index (χ0) is 21.0. The van der Waals surface area contributed by atoms with E-state index in [0.717, 1.165) is 24.2 Å². The fraction of sp³-hybridized carbons (Fsp3) is 0.421. The molecule has 1 saturated heterocycles. The standard InChI is InChI=1S/C19H24N2O6S2/c1-26-13-5-6-16(27-2)14(11-13)15(22)12-20-19(23)18-17(7-10-28-18)29(24,25)21-8-3-4-9-21/h5-7,10-11,15,22H,3-4,8-9,12H2,1-2H3,(H,20,23). The van der Waals surface area contributed by atoms with Crippen LogP contribution in [-0.4, -0.2) is 57.6 Å². The van der Waals surface area contributed by atoms with Gasteiger partial charge in [-0.3, -0.25) is 4.79 Å². The van der Waals surface area contributed by atoms with Crippen molar-refractivity contribution in [1.82, 2.24) is 9.62 Å². The molecule has 0 spiro atoms. The van der Waals surface area contributed by atoms with E-state index in [1.165, 1.54) is 24.6 Å². The van der Waals surface area contributed by atoms with Gasteiger partial charge in [0.2, 0.25) is 10.0 Å². The molecule has 10 heteroatoms. The summed E-state index contributed by atoms with van der Waals surface area (Å²) < 4.78 is 37.4. The molecule has 2 N–H and O–H groups in total. The molecule has 0 radical (unpaired) electrons. The smallest absolute Gasteiger partial charge is 0.262 e. The minimum Gasteiger partial charge on any atom is -0.497 e. The number of ether oxygens (including phenoxy) is 2. The van der Waals surface area contributed by atoms with Gasteiger partial charge >= 0.3 is 0 Å². The third-order valence-electron chi connectivity index (χ3n) is 4.77. The molecule has 8 nitrogen and oxygen atoms in total. The highest BCUT2D eigenvalue weighted by Gasteiger charge is 2.32. The average Bonchev–Trinajstić information content (AvgIpc) is 3.43. The zero-order valence-electron chi connectivity index (χ0n) is 16.3. The molecule has 2 heterocycles. The molecule has 1 aliphatic heterocycles. The van der Waals surface area contributed by atoms with Crippen LogP contribution in [0, 0.1) is 0 Å². The Morgan fingerprint density at radius 1 is 1.24 bits per heavy atom. The molecule has 1 fully saturated rings. The minimum atomic E-state index is -3.70. The van der Waals surface area contributed by atoms with Crippen LogP contribution < -0.4 is 14.8 Å². The predicted octanol–water partition coefficient (Wildman–Crippen LogP) is 2.01. The van der Waals surface area contributed by atoms with Gasteiger partial charge in [-0.15, -0.1) is 11.3 Å². The first-order chi connectivity index (χ1) is 13.9. The normalized spacial score (nSPS) is 15.8. The molecule has 1 atom stereocenters. The fourth-order valence-corrected chi connectivity index (χ4v) is 6.05. The summed E-state index contributed by atoms with van der Waals surface area (Å²) in [5.74, 6) is 0.461. The summed E-state index contributed by atoms with van der Waals surface area (Å²) in [6, 6.07) is 6.45. The number of carbonyl (C=O) groups excluding carboxylic acids is 1. The van der Waals surface area contributed by atoms with Crippen molar-refractivity contribution in [2.75, 3.05) is 33.9 Å². The summed E-state index contributed by atoms with van der Waals surface area (Å²) in [7, 11) is -0.701. The molecule has 2 aromatic rings. The Bertz CT molecular complexity index is 967. The van der Waals surface area contributed by atoms with Crippen LogP contribution in [0.3, 0.4) is 0 Å². The number of hydrogen-bond donors (Lipinski definition) is 2. The Morgan fingerprint density at radius 2 is 1.97 bits per heavy atom. The first kappa shape index (κ1) is 21.6. The first-order valence-electron chi connectivity index (χ1n) is 9.14. The highest BCUT2D eigenvalue weighted by atomic mass is 32.2. The summed E-state index contributed by atoms with van der Waals surface area (Å²) in [5.41, 5.74) is 0.461. The van der Waals surface area contributed by atoms with Gasteiger partial charge in [0.15, 0.2) is 0 Å². The van der Waals surface area contributed by atoms with Crippen molar-refractivity contribution in [1.29, 1.82) is 0 Å². The van der Waals surface area contributed by atoms with Crippen LogP contribution in [0.25, 0.3) is 0 Å². The lowest BCUT2D eigenvalue weighted by atomic mass is 10.1. The summed E-state index contributed by atoms with van der Waals surface area (Å²) in [6.45, 7) is 0.824. The fourth-order valence-electron chi connectivity index (χ4n) is 3.21. The Balaban J connectivity index is 1.73. The zero-order valence-corrected chi connectivity index (χ0v) is 17.9. The van der Waals surface area contributed by atoms with E-state index in [9.17, 15) is 18.3 Å². The number of thiophene rings is 1. The summed E-state index contributed by atoms with van der Waals surface area (Å²) >= 11 is 1.06. The summed E-state index contributed by atoms with van der Waals surface area (Å²) in [6.07, 6.45) is 0.585. The van der Waals surface area contributed by atoms with E-state index in [4.69, 9.17) is 9.47 Å². The lowest BCUT2D eigenvalue weighted by Gasteiger charge is -2.17. The van der Waals surface area contributed by atoms with Crippen molar-refractivity contribution in [2.24, 2.45) is 0 Å². The van der Waals surface area contributed by atoms with Gasteiger partial charge in [-0.05, 0) is 42.5 Å². The van der Waals surface area contributed by atoms with Crippen molar-refractivity contribution in [3.63, 3.8) is 0 Å². The number of aliphatic hydroxyl groups is 1. The monoisotopic (exact) mass is 440 g/mol. The molecule has 0 saturated carbocycles. The maximum atomic E-state index is 12.8. The molecule has 1 amide bonds. The third kappa shape index (κ3) is 4.55. The van der Waals surface area contributed by atoms with E-state index in [-0.39, 0.29) is 16.3 Å². The van der Waals surface area contributed by atoms with Gasteiger partial charge in [-0.25, -0.2) is 8.42 Å². The number of aliphatic hydroxyl groups excluding tert-OH is 1. The number of hydrogen-bond acceptors (Lipinski definition) is 7. The Hall–Kier alpha value is -2.14.